The van der Waals surface area contributed by atoms with Crippen LogP contribution in [0.4, 0.5) is 42.9 Å². The Balaban J connectivity index is 1.23. The second kappa shape index (κ2) is 18.9. The molecule has 12 rings (SSSR count). The molecule has 0 heterocycles. The molecule has 0 unspecified atom stereocenters. The Morgan fingerprint density at radius 3 is 1.16 bits per heavy atom. The Bertz CT molecular complexity index is 4730. The van der Waals surface area contributed by atoms with Crippen molar-refractivity contribution in [1.82, 2.24) is 0 Å². The van der Waals surface area contributed by atoms with Gasteiger partial charge in [-0.25, -0.2) is 8.78 Å². The van der Waals surface area contributed by atoms with Gasteiger partial charge in [0.05, 0.1) is 36.5 Å². The Hall–Kier alpha value is -8.86. The molecule has 0 atom stereocenters. The molecule has 0 amide bonds. The first-order valence-corrected chi connectivity index (χ1v) is 25.0. The molecular weight excluding hydrogens is 919 g/mol. The molecular formula is C71H56F2N2. The lowest BCUT2D eigenvalue weighted by Gasteiger charge is -2.32. The van der Waals surface area contributed by atoms with Crippen LogP contribution in [-0.4, -0.2) is 0 Å². The van der Waals surface area contributed by atoms with E-state index in [1.807, 2.05) is 164 Å². The topological polar surface area (TPSA) is 6.48 Å². The number of halogens is 2. The maximum Gasteiger partial charge on any atom is 0.147 e. The molecule has 0 radical (unpaired) electrons. The van der Waals surface area contributed by atoms with Crippen LogP contribution in [0.15, 0.2) is 212 Å². The third kappa shape index (κ3) is 8.18. The van der Waals surface area contributed by atoms with Gasteiger partial charge in [-0.2, -0.15) is 0 Å². The molecule has 12 aromatic rings. The van der Waals surface area contributed by atoms with Crippen molar-refractivity contribution in [3.63, 3.8) is 0 Å². The van der Waals surface area contributed by atoms with Crippen LogP contribution < -0.4 is 9.80 Å². The Morgan fingerprint density at radius 2 is 0.720 bits per heavy atom. The summed E-state index contributed by atoms with van der Waals surface area (Å²) in [6, 6.07) is 40.3. The van der Waals surface area contributed by atoms with Gasteiger partial charge in [0.25, 0.3) is 0 Å². The average molecular weight is 985 g/mol. The largest absolute Gasteiger partial charge is 0.307 e. The van der Waals surface area contributed by atoms with E-state index in [2.05, 4.69) is 0 Å². The molecule has 0 saturated carbocycles. The molecule has 0 fully saturated rings. The van der Waals surface area contributed by atoms with Crippen LogP contribution in [0.3, 0.4) is 0 Å². The van der Waals surface area contributed by atoms with E-state index < -0.39 is 72.1 Å². The van der Waals surface area contributed by atoms with Gasteiger partial charge < -0.3 is 9.80 Å². The van der Waals surface area contributed by atoms with Crippen molar-refractivity contribution in [2.75, 3.05) is 9.80 Å². The zero-order valence-electron chi connectivity index (χ0n) is 52.6. The minimum Gasteiger partial charge on any atom is -0.307 e. The summed E-state index contributed by atoms with van der Waals surface area (Å²) in [5, 5.41) is 3.59. The molecule has 12 aromatic carbocycles. The average Bonchev–Trinajstić information content (AvgIpc) is 0.806. The number of para-hydroxylation sites is 2. The lowest BCUT2D eigenvalue weighted by atomic mass is 9.87. The number of nitrogens with zero attached hydrogens (tertiary/aromatic N) is 2. The van der Waals surface area contributed by atoms with Crippen LogP contribution in [0.5, 0.6) is 0 Å². The highest BCUT2D eigenvalue weighted by Gasteiger charge is 2.30. The first-order valence-electron chi connectivity index (χ1n) is 30.0. The number of rotatable bonds is 10. The molecule has 4 heteroatoms. The van der Waals surface area contributed by atoms with Gasteiger partial charge in [0.2, 0.25) is 0 Å². The number of benzene rings is 12. The van der Waals surface area contributed by atoms with Crippen LogP contribution in [0.1, 0.15) is 52.7 Å². The molecule has 364 valence electrons. The van der Waals surface area contributed by atoms with E-state index in [-0.39, 0.29) is 34.1 Å². The zero-order valence-corrected chi connectivity index (χ0v) is 42.6. The van der Waals surface area contributed by atoms with E-state index in [1.54, 1.807) is 24.3 Å². The molecule has 0 aliphatic heterocycles. The highest BCUT2D eigenvalue weighted by Crippen LogP contribution is 2.54. The van der Waals surface area contributed by atoms with Gasteiger partial charge in [0.15, 0.2) is 0 Å². The number of aryl methyl sites for hydroxylation is 7. The predicted octanol–water partition coefficient (Wildman–Crippen LogP) is 20.6. The quantitative estimate of drug-likeness (QED) is 0.126. The van der Waals surface area contributed by atoms with Crippen molar-refractivity contribution in [3.8, 4) is 44.5 Å². The lowest BCUT2D eigenvalue weighted by molar-refractivity contribution is 0.629. The van der Waals surface area contributed by atoms with Gasteiger partial charge in [-0.05, 0) is 169 Å². The SMILES string of the molecule is [2H]c1c([2H])c([2H])c(N(c2c(F)ccc(-c3ccc(C)cc3C)c2-c2ccc(C)cc2)c2ccc3ccc4c(N(c5c([2H])c([2H])c([2H])c([2H])c5[2H])c5c(F)ccc(-c6ccc(C)cc6C)c5-c5ccc(C)cc5C)ccc5ccc2c3c54)c([2H])c1[2H]. The van der Waals surface area contributed by atoms with E-state index in [0.29, 0.717) is 65.7 Å². The predicted molar refractivity (Wildman–Crippen MR) is 314 cm³/mol. The minimum absolute atomic E-state index is 0.0613. The summed E-state index contributed by atoms with van der Waals surface area (Å²) in [6.45, 7) is 13.8. The van der Waals surface area contributed by atoms with E-state index >= 15 is 8.78 Å². The van der Waals surface area contributed by atoms with Crippen molar-refractivity contribution in [3.05, 3.63) is 263 Å². The molecule has 0 aliphatic rings. The zero-order chi connectivity index (χ0) is 60.3. The molecule has 0 aliphatic carbocycles. The lowest BCUT2D eigenvalue weighted by Crippen LogP contribution is -2.15. The second-order valence-electron chi connectivity index (χ2n) is 19.7. The van der Waals surface area contributed by atoms with Crippen molar-refractivity contribution in [2.45, 2.75) is 48.5 Å². The third-order valence-corrected chi connectivity index (χ3v) is 14.6. The standard InChI is InChI=1S/C71H56F2N2/c1-43-18-23-52(24-19-43)68-58(55-29-20-44(2)40-47(55)5)34-36-62(72)70(68)74(53-14-10-8-11-15-53)64-38-27-50-26-33-61-65(39-28-51-25-32-60(64)66(50)67(51)61)75(54-16-12-9-13-17-54)71-63(73)37-35-59(56-30-21-45(3)41-48(56)6)69(71)57-31-22-46(4)42-49(57)7/h8-42H,1-7H3/i8D,9D,10D,11D,12D,13D,14D,15D,16D,17D. The Kier molecular flexibility index (Phi) is 9.30. The van der Waals surface area contributed by atoms with Gasteiger partial charge in [-0.15, -0.1) is 0 Å². The Labute approximate surface area is 452 Å². The van der Waals surface area contributed by atoms with Crippen LogP contribution in [-0.2, 0) is 0 Å². The van der Waals surface area contributed by atoms with Gasteiger partial charge >= 0.3 is 0 Å². The molecule has 75 heavy (non-hydrogen) atoms. The summed E-state index contributed by atoms with van der Waals surface area (Å²) in [4.78, 5) is 2.92. The highest BCUT2D eigenvalue weighted by molar-refractivity contribution is 6.28. The number of anilines is 6. The van der Waals surface area contributed by atoms with Gasteiger partial charge in [0, 0.05) is 33.3 Å². The summed E-state index contributed by atoms with van der Waals surface area (Å²) in [5.74, 6) is -1.46. The van der Waals surface area contributed by atoms with Crippen molar-refractivity contribution >= 4 is 66.4 Å². The molecule has 0 saturated heterocycles. The summed E-state index contributed by atoms with van der Waals surface area (Å²) in [5.41, 5.74) is 11.4. The van der Waals surface area contributed by atoms with Crippen molar-refractivity contribution < 1.29 is 22.5 Å². The fraction of sp³-hybridized carbons (Fsp3) is 0.0986. The first kappa shape index (κ1) is 37.0. The van der Waals surface area contributed by atoms with Crippen molar-refractivity contribution in [1.29, 1.82) is 0 Å². The maximum absolute atomic E-state index is 18.2. The first-order chi connectivity index (χ1) is 40.6. The van der Waals surface area contributed by atoms with Crippen molar-refractivity contribution in [2.24, 2.45) is 0 Å². The molecule has 0 spiro atoms. The molecule has 0 bridgehead atoms. The minimum atomic E-state index is -0.733. The third-order valence-electron chi connectivity index (χ3n) is 14.6. The summed E-state index contributed by atoms with van der Waals surface area (Å²) in [7, 11) is 0. The highest BCUT2D eigenvalue weighted by atomic mass is 19.1. The summed E-state index contributed by atoms with van der Waals surface area (Å²) >= 11 is 0. The maximum atomic E-state index is 18.2. The molecule has 0 aromatic heterocycles. The number of hydrogen-bond donors (Lipinski definition) is 0. The van der Waals surface area contributed by atoms with E-state index in [4.69, 9.17) is 8.22 Å². The summed E-state index contributed by atoms with van der Waals surface area (Å²) in [6.07, 6.45) is 0. The fourth-order valence-corrected chi connectivity index (χ4v) is 11.2. The molecule has 2 nitrogen and oxygen atoms in total. The molecule has 0 N–H and O–H groups in total. The van der Waals surface area contributed by atoms with Crippen LogP contribution in [0.2, 0.25) is 0 Å². The summed E-state index contributed by atoms with van der Waals surface area (Å²) < 4.78 is 128. The smallest absolute Gasteiger partial charge is 0.147 e. The number of hydrogen-bond acceptors (Lipinski definition) is 2. The van der Waals surface area contributed by atoms with E-state index in [0.717, 1.165) is 50.1 Å². The fourth-order valence-electron chi connectivity index (χ4n) is 11.2. The normalized spacial score (nSPS) is 13.4. The van der Waals surface area contributed by atoms with E-state index in [1.165, 1.54) is 21.9 Å². The monoisotopic (exact) mass is 985 g/mol. The van der Waals surface area contributed by atoms with Crippen LogP contribution >= 0.6 is 0 Å². The van der Waals surface area contributed by atoms with Gasteiger partial charge in [-0.3, -0.25) is 0 Å². The van der Waals surface area contributed by atoms with Crippen LogP contribution in [0.25, 0.3) is 76.8 Å². The van der Waals surface area contributed by atoms with Gasteiger partial charge in [-0.1, -0.05) is 186 Å². The van der Waals surface area contributed by atoms with Crippen LogP contribution in [0, 0.1) is 60.1 Å². The van der Waals surface area contributed by atoms with Gasteiger partial charge in [0.1, 0.15) is 11.6 Å². The van der Waals surface area contributed by atoms with E-state index in [9.17, 15) is 5.48 Å². The second-order valence-corrected chi connectivity index (χ2v) is 19.7. The Morgan fingerprint density at radius 1 is 0.347 bits per heavy atom.